The fourth-order valence-corrected chi connectivity index (χ4v) is 3.02. The first-order valence-corrected chi connectivity index (χ1v) is 7.76. The number of piperidine rings is 1. The van der Waals surface area contributed by atoms with Crippen molar-refractivity contribution in [1.82, 2.24) is 14.7 Å². The van der Waals surface area contributed by atoms with Crippen molar-refractivity contribution in [3.8, 4) is 5.69 Å². The van der Waals surface area contributed by atoms with Gasteiger partial charge in [-0.3, -0.25) is 9.59 Å². The molecule has 0 saturated carbocycles. The lowest BCUT2D eigenvalue weighted by Crippen LogP contribution is -2.41. The van der Waals surface area contributed by atoms with Crippen molar-refractivity contribution in [2.45, 2.75) is 19.8 Å². The van der Waals surface area contributed by atoms with Gasteiger partial charge in [0.2, 0.25) is 5.91 Å². The first-order chi connectivity index (χ1) is 11.1. The number of anilines is 1. The van der Waals surface area contributed by atoms with Gasteiger partial charge in [-0.05, 0) is 25.0 Å². The van der Waals surface area contributed by atoms with Crippen LogP contribution in [0, 0.1) is 5.92 Å². The van der Waals surface area contributed by atoms with Crippen LogP contribution in [0.3, 0.4) is 0 Å². The SMILES string of the molecule is CC(=O)N1CCCC(C(=O)c2cnn(-c3ccccc3)c2N)C1. The molecule has 1 saturated heterocycles. The third-order valence-electron chi connectivity index (χ3n) is 4.31. The van der Waals surface area contributed by atoms with E-state index in [0.29, 0.717) is 17.9 Å². The zero-order chi connectivity index (χ0) is 16.4. The maximum Gasteiger partial charge on any atom is 0.219 e. The van der Waals surface area contributed by atoms with Crippen molar-refractivity contribution in [2.24, 2.45) is 5.92 Å². The van der Waals surface area contributed by atoms with Gasteiger partial charge in [-0.1, -0.05) is 18.2 Å². The van der Waals surface area contributed by atoms with Crippen LogP contribution in [0.1, 0.15) is 30.1 Å². The van der Waals surface area contributed by atoms with Crippen molar-refractivity contribution < 1.29 is 9.59 Å². The Bertz CT molecular complexity index is 723. The van der Waals surface area contributed by atoms with E-state index in [4.69, 9.17) is 5.73 Å². The smallest absolute Gasteiger partial charge is 0.219 e. The highest BCUT2D eigenvalue weighted by molar-refractivity contribution is 6.02. The quantitative estimate of drug-likeness (QED) is 0.878. The fourth-order valence-electron chi connectivity index (χ4n) is 3.02. The van der Waals surface area contributed by atoms with Gasteiger partial charge < -0.3 is 10.6 Å². The number of hydrogen-bond acceptors (Lipinski definition) is 4. The maximum atomic E-state index is 12.8. The van der Waals surface area contributed by atoms with E-state index in [2.05, 4.69) is 5.10 Å². The third-order valence-corrected chi connectivity index (χ3v) is 4.31. The van der Waals surface area contributed by atoms with E-state index in [1.807, 2.05) is 30.3 Å². The average molecular weight is 312 g/mol. The average Bonchev–Trinajstić information content (AvgIpc) is 2.96. The first-order valence-electron chi connectivity index (χ1n) is 7.76. The zero-order valence-electron chi connectivity index (χ0n) is 13.1. The van der Waals surface area contributed by atoms with Crippen molar-refractivity contribution in [3.05, 3.63) is 42.1 Å². The Balaban J connectivity index is 1.83. The molecule has 0 spiro atoms. The molecule has 23 heavy (non-hydrogen) atoms. The molecule has 2 heterocycles. The van der Waals surface area contributed by atoms with E-state index in [9.17, 15) is 9.59 Å². The molecule has 6 heteroatoms. The second-order valence-corrected chi connectivity index (χ2v) is 5.86. The molecular weight excluding hydrogens is 292 g/mol. The minimum Gasteiger partial charge on any atom is -0.383 e. The Labute approximate surface area is 134 Å². The number of nitrogen functional groups attached to an aromatic ring is 1. The second kappa shape index (κ2) is 6.24. The summed E-state index contributed by atoms with van der Waals surface area (Å²) in [5, 5.41) is 4.25. The Morgan fingerprint density at radius 3 is 2.70 bits per heavy atom. The molecule has 0 bridgehead atoms. The molecule has 3 rings (SSSR count). The summed E-state index contributed by atoms with van der Waals surface area (Å²) in [6, 6.07) is 9.46. The third kappa shape index (κ3) is 2.97. The summed E-state index contributed by atoms with van der Waals surface area (Å²) in [4.78, 5) is 26.0. The first kappa shape index (κ1) is 15.3. The summed E-state index contributed by atoms with van der Waals surface area (Å²) in [5.41, 5.74) is 7.39. The molecule has 2 aromatic rings. The molecule has 1 unspecified atom stereocenters. The van der Waals surface area contributed by atoms with E-state index in [1.165, 1.54) is 13.1 Å². The largest absolute Gasteiger partial charge is 0.383 e. The van der Waals surface area contributed by atoms with Gasteiger partial charge in [0.25, 0.3) is 0 Å². The van der Waals surface area contributed by atoms with Gasteiger partial charge in [-0.2, -0.15) is 5.10 Å². The molecule has 1 aliphatic rings. The topological polar surface area (TPSA) is 81.2 Å². The van der Waals surface area contributed by atoms with Crippen molar-refractivity contribution in [3.63, 3.8) is 0 Å². The Hall–Kier alpha value is -2.63. The maximum absolute atomic E-state index is 12.8. The van der Waals surface area contributed by atoms with E-state index in [-0.39, 0.29) is 17.6 Å². The van der Waals surface area contributed by atoms with Crippen LogP contribution in [0.2, 0.25) is 0 Å². The van der Waals surface area contributed by atoms with Crippen LogP contribution in [0.4, 0.5) is 5.82 Å². The molecule has 1 aromatic heterocycles. The summed E-state index contributed by atoms with van der Waals surface area (Å²) < 4.78 is 1.57. The van der Waals surface area contributed by atoms with Gasteiger partial charge >= 0.3 is 0 Å². The Morgan fingerprint density at radius 1 is 1.26 bits per heavy atom. The van der Waals surface area contributed by atoms with Crippen LogP contribution in [-0.2, 0) is 4.79 Å². The van der Waals surface area contributed by atoms with Gasteiger partial charge in [0, 0.05) is 25.9 Å². The molecule has 1 atom stereocenters. The normalized spacial score (nSPS) is 18.0. The second-order valence-electron chi connectivity index (χ2n) is 5.86. The number of benzene rings is 1. The van der Waals surface area contributed by atoms with E-state index in [0.717, 1.165) is 25.1 Å². The highest BCUT2D eigenvalue weighted by atomic mass is 16.2. The zero-order valence-corrected chi connectivity index (χ0v) is 13.1. The highest BCUT2D eigenvalue weighted by Crippen LogP contribution is 2.25. The standard InChI is InChI=1S/C17H20N4O2/c1-12(22)20-9-5-6-13(11-20)16(23)15-10-19-21(17(15)18)14-7-3-2-4-8-14/h2-4,7-8,10,13H,5-6,9,11,18H2,1H3. The molecule has 0 radical (unpaired) electrons. The van der Waals surface area contributed by atoms with Crippen LogP contribution in [0.15, 0.2) is 36.5 Å². The molecule has 1 aliphatic heterocycles. The minimum atomic E-state index is -0.205. The molecule has 120 valence electrons. The van der Waals surface area contributed by atoms with Gasteiger partial charge in [0.15, 0.2) is 5.78 Å². The summed E-state index contributed by atoms with van der Waals surface area (Å²) in [6.45, 7) is 2.72. The number of Topliss-reactive ketones (excluding diaryl/α,β-unsaturated/α-hetero) is 1. The van der Waals surface area contributed by atoms with Crippen molar-refractivity contribution >= 4 is 17.5 Å². The van der Waals surface area contributed by atoms with Gasteiger partial charge in [0.1, 0.15) is 5.82 Å². The van der Waals surface area contributed by atoms with E-state index in [1.54, 1.807) is 9.58 Å². The number of nitrogens with two attached hydrogens (primary N) is 1. The number of hydrogen-bond donors (Lipinski definition) is 1. The summed E-state index contributed by atoms with van der Waals surface area (Å²) >= 11 is 0. The van der Waals surface area contributed by atoms with Crippen molar-refractivity contribution in [1.29, 1.82) is 0 Å². The van der Waals surface area contributed by atoms with Crippen LogP contribution >= 0.6 is 0 Å². The summed E-state index contributed by atoms with van der Waals surface area (Å²) in [5.74, 6) is 0.121. The predicted molar refractivity (Wildman–Crippen MR) is 87.3 cm³/mol. The number of carbonyl (C=O) groups is 2. The molecule has 6 nitrogen and oxygen atoms in total. The number of aromatic nitrogens is 2. The summed E-state index contributed by atoms with van der Waals surface area (Å²) in [6.07, 6.45) is 3.14. The Kier molecular flexibility index (Phi) is 4.14. The van der Waals surface area contributed by atoms with Crippen LogP contribution in [0.25, 0.3) is 5.69 Å². The molecule has 0 aliphatic carbocycles. The molecular formula is C17H20N4O2. The van der Waals surface area contributed by atoms with E-state index < -0.39 is 0 Å². The highest BCUT2D eigenvalue weighted by Gasteiger charge is 2.30. The molecule has 1 fully saturated rings. The number of carbonyl (C=O) groups excluding carboxylic acids is 2. The number of nitrogens with zero attached hydrogens (tertiary/aromatic N) is 3. The predicted octanol–water partition coefficient (Wildman–Crippen LogP) is 1.90. The Morgan fingerprint density at radius 2 is 2.00 bits per heavy atom. The lowest BCUT2D eigenvalue weighted by atomic mass is 9.91. The summed E-state index contributed by atoms with van der Waals surface area (Å²) in [7, 11) is 0. The number of para-hydroxylation sites is 1. The molecule has 1 amide bonds. The van der Waals surface area contributed by atoms with Gasteiger partial charge in [0.05, 0.1) is 17.4 Å². The van der Waals surface area contributed by atoms with Crippen molar-refractivity contribution in [2.75, 3.05) is 18.8 Å². The lowest BCUT2D eigenvalue weighted by Gasteiger charge is -2.31. The number of likely N-dealkylation sites (tertiary alicyclic amines) is 1. The number of ketones is 1. The molecule has 2 N–H and O–H groups in total. The van der Waals surface area contributed by atoms with E-state index >= 15 is 0 Å². The minimum absolute atomic E-state index is 0.00968. The lowest BCUT2D eigenvalue weighted by molar-refractivity contribution is -0.130. The monoisotopic (exact) mass is 312 g/mol. The number of rotatable bonds is 3. The van der Waals surface area contributed by atoms with Gasteiger partial charge in [-0.25, -0.2) is 4.68 Å². The number of amides is 1. The van der Waals surface area contributed by atoms with Crippen LogP contribution in [0.5, 0.6) is 0 Å². The van der Waals surface area contributed by atoms with Crippen LogP contribution in [-0.4, -0.2) is 39.5 Å². The van der Waals surface area contributed by atoms with Gasteiger partial charge in [-0.15, -0.1) is 0 Å². The molecule has 1 aromatic carbocycles. The van der Waals surface area contributed by atoms with Crippen LogP contribution < -0.4 is 5.73 Å². The fraction of sp³-hybridized carbons (Fsp3) is 0.353.